The number of amides is 1. The highest BCUT2D eigenvalue weighted by Gasteiger charge is 2.24. The minimum absolute atomic E-state index is 0.0909. The van der Waals surface area contributed by atoms with Crippen molar-refractivity contribution in [3.63, 3.8) is 0 Å². The number of piperazine rings is 1. The van der Waals surface area contributed by atoms with Gasteiger partial charge in [-0.05, 0) is 13.8 Å². The largest absolute Gasteiger partial charge is 0.389 e. The summed E-state index contributed by atoms with van der Waals surface area (Å²) in [5, 5.41) is 12.6. The summed E-state index contributed by atoms with van der Waals surface area (Å²) in [5.74, 6) is 2.53. The third-order valence-electron chi connectivity index (χ3n) is 2.84. The van der Waals surface area contributed by atoms with Crippen LogP contribution in [-0.4, -0.2) is 72.2 Å². The number of rotatable bonds is 5. The summed E-state index contributed by atoms with van der Waals surface area (Å²) in [6.45, 7) is 8.02. The number of hydrogen-bond donors (Lipinski definition) is 2. The van der Waals surface area contributed by atoms with E-state index in [2.05, 4.69) is 16.1 Å². The van der Waals surface area contributed by atoms with E-state index < -0.39 is 5.60 Å². The Morgan fingerprint density at radius 3 is 2.50 bits per heavy atom. The third kappa shape index (κ3) is 5.50. The Balaban J connectivity index is 2.26. The van der Waals surface area contributed by atoms with Crippen LogP contribution in [0.5, 0.6) is 0 Å². The molecule has 0 saturated carbocycles. The van der Waals surface area contributed by atoms with Gasteiger partial charge in [0.25, 0.3) is 0 Å². The Hall–Kier alpha value is -1.09. The van der Waals surface area contributed by atoms with E-state index in [1.54, 1.807) is 13.8 Å². The fourth-order valence-corrected chi connectivity index (χ4v) is 2.06. The second-order valence-electron chi connectivity index (χ2n) is 5.28. The SMILES string of the molecule is C#CCNCC(=O)N1CCN(CC(C)(C)O)CC1. The summed E-state index contributed by atoms with van der Waals surface area (Å²) < 4.78 is 0. The second kappa shape index (κ2) is 6.74. The summed E-state index contributed by atoms with van der Waals surface area (Å²) in [6, 6.07) is 0. The highest BCUT2D eigenvalue weighted by molar-refractivity contribution is 5.78. The summed E-state index contributed by atoms with van der Waals surface area (Å²) in [6.07, 6.45) is 5.10. The first-order valence-electron chi connectivity index (χ1n) is 6.29. The van der Waals surface area contributed by atoms with Crippen molar-refractivity contribution in [3.8, 4) is 12.3 Å². The Labute approximate surface area is 109 Å². The number of carbonyl (C=O) groups is 1. The number of nitrogens with one attached hydrogen (secondary N) is 1. The molecule has 2 N–H and O–H groups in total. The van der Waals surface area contributed by atoms with E-state index in [1.807, 2.05) is 4.90 Å². The Morgan fingerprint density at radius 2 is 2.00 bits per heavy atom. The zero-order valence-corrected chi connectivity index (χ0v) is 11.3. The van der Waals surface area contributed by atoms with Gasteiger partial charge in [0, 0.05) is 32.7 Å². The lowest BCUT2D eigenvalue weighted by molar-refractivity contribution is -0.132. The molecule has 1 heterocycles. The van der Waals surface area contributed by atoms with E-state index in [-0.39, 0.29) is 5.91 Å². The van der Waals surface area contributed by atoms with Crippen LogP contribution in [0.15, 0.2) is 0 Å². The van der Waals surface area contributed by atoms with Gasteiger partial charge >= 0.3 is 0 Å². The number of carbonyl (C=O) groups excluding carboxylic acids is 1. The maximum absolute atomic E-state index is 11.8. The molecule has 5 nitrogen and oxygen atoms in total. The number of nitrogens with zero attached hydrogens (tertiary/aromatic N) is 2. The summed E-state index contributed by atoms with van der Waals surface area (Å²) in [4.78, 5) is 15.8. The van der Waals surface area contributed by atoms with Gasteiger partial charge in [-0.25, -0.2) is 0 Å². The van der Waals surface area contributed by atoms with Gasteiger partial charge in [-0.1, -0.05) is 5.92 Å². The van der Waals surface area contributed by atoms with Crippen LogP contribution in [0.2, 0.25) is 0 Å². The van der Waals surface area contributed by atoms with Crippen LogP contribution in [0.3, 0.4) is 0 Å². The monoisotopic (exact) mass is 253 g/mol. The van der Waals surface area contributed by atoms with Gasteiger partial charge in [0.05, 0.1) is 18.7 Å². The molecule has 1 fully saturated rings. The predicted molar refractivity (Wildman–Crippen MR) is 71.0 cm³/mol. The van der Waals surface area contributed by atoms with Crippen LogP contribution in [-0.2, 0) is 4.79 Å². The van der Waals surface area contributed by atoms with Crippen molar-refractivity contribution >= 4 is 5.91 Å². The minimum atomic E-state index is -0.680. The molecule has 1 rings (SSSR count). The molecule has 0 spiro atoms. The molecule has 0 atom stereocenters. The molecule has 0 aliphatic carbocycles. The number of terminal acetylenes is 1. The molecule has 18 heavy (non-hydrogen) atoms. The van der Waals surface area contributed by atoms with Gasteiger partial charge in [-0.3, -0.25) is 15.0 Å². The van der Waals surface area contributed by atoms with E-state index >= 15 is 0 Å². The molecule has 0 unspecified atom stereocenters. The first-order chi connectivity index (χ1) is 8.42. The minimum Gasteiger partial charge on any atom is -0.389 e. The zero-order chi connectivity index (χ0) is 13.6. The van der Waals surface area contributed by atoms with E-state index in [0.29, 0.717) is 32.7 Å². The Morgan fingerprint density at radius 1 is 1.39 bits per heavy atom. The van der Waals surface area contributed by atoms with Crippen molar-refractivity contribution < 1.29 is 9.90 Å². The molecule has 0 aromatic rings. The first kappa shape index (κ1) is 15.0. The van der Waals surface area contributed by atoms with Gasteiger partial charge < -0.3 is 10.0 Å². The van der Waals surface area contributed by atoms with Crippen molar-refractivity contribution in [3.05, 3.63) is 0 Å². The summed E-state index contributed by atoms with van der Waals surface area (Å²) in [5.41, 5.74) is -0.680. The molecule has 0 aromatic heterocycles. The molecule has 0 aromatic carbocycles. The van der Waals surface area contributed by atoms with Gasteiger partial charge in [-0.2, -0.15) is 0 Å². The van der Waals surface area contributed by atoms with Crippen LogP contribution in [0, 0.1) is 12.3 Å². The maximum atomic E-state index is 11.8. The quantitative estimate of drug-likeness (QED) is 0.494. The van der Waals surface area contributed by atoms with Crippen molar-refractivity contribution in [2.24, 2.45) is 0 Å². The Bertz CT molecular complexity index is 309. The van der Waals surface area contributed by atoms with E-state index in [0.717, 1.165) is 13.1 Å². The predicted octanol–water partition coefficient (Wildman–Crippen LogP) is -0.876. The second-order valence-corrected chi connectivity index (χ2v) is 5.28. The molecule has 5 heteroatoms. The van der Waals surface area contributed by atoms with Crippen molar-refractivity contribution in [1.29, 1.82) is 0 Å². The molecule has 1 amide bonds. The van der Waals surface area contributed by atoms with Gasteiger partial charge in [-0.15, -0.1) is 6.42 Å². The van der Waals surface area contributed by atoms with Gasteiger partial charge in [0.1, 0.15) is 0 Å². The third-order valence-corrected chi connectivity index (χ3v) is 2.84. The zero-order valence-electron chi connectivity index (χ0n) is 11.3. The lowest BCUT2D eigenvalue weighted by Crippen LogP contribution is -2.53. The fraction of sp³-hybridized carbons (Fsp3) is 0.769. The average molecular weight is 253 g/mol. The van der Waals surface area contributed by atoms with Crippen molar-refractivity contribution in [2.75, 3.05) is 45.8 Å². The normalized spacial score (nSPS) is 17.6. The highest BCUT2D eigenvalue weighted by Crippen LogP contribution is 2.08. The van der Waals surface area contributed by atoms with Crippen LogP contribution in [0.25, 0.3) is 0 Å². The van der Waals surface area contributed by atoms with E-state index in [4.69, 9.17) is 6.42 Å². The molecule has 1 aliphatic heterocycles. The first-order valence-corrected chi connectivity index (χ1v) is 6.29. The average Bonchev–Trinajstić information content (AvgIpc) is 2.28. The fourth-order valence-electron chi connectivity index (χ4n) is 2.06. The van der Waals surface area contributed by atoms with Crippen molar-refractivity contribution in [1.82, 2.24) is 15.1 Å². The maximum Gasteiger partial charge on any atom is 0.236 e. The smallest absolute Gasteiger partial charge is 0.236 e. The Kier molecular flexibility index (Phi) is 5.60. The lowest BCUT2D eigenvalue weighted by atomic mass is 10.1. The molecule has 1 aliphatic rings. The molecule has 0 bridgehead atoms. The topological polar surface area (TPSA) is 55.8 Å². The van der Waals surface area contributed by atoms with E-state index in [1.165, 1.54) is 0 Å². The number of aliphatic hydroxyl groups is 1. The molecular weight excluding hydrogens is 230 g/mol. The molecular formula is C13H23N3O2. The van der Waals surface area contributed by atoms with E-state index in [9.17, 15) is 9.90 Å². The molecule has 0 radical (unpaired) electrons. The van der Waals surface area contributed by atoms with Gasteiger partial charge in [0.15, 0.2) is 0 Å². The molecule has 102 valence electrons. The van der Waals surface area contributed by atoms with Crippen LogP contribution in [0.4, 0.5) is 0 Å². The van der Waals surface area contributed by atoms with Gasteiger partial charge in [0.2, 0.25) is 5.91 Å². The summed E-state index contributed by atoms with van der Waals surface area (Å²) >= 11 is 0. The van der Waals surface area contributed by atoms with Crippen LogP contribution < -0.4 is 5.32 Å². The van der Waals surface area contributed by atoms with Crippen LogP contribution >= 0.6 is 0 Å². The molecule has 1 saturated heterocycles. The van der Waals surface area contributed by atoms with Crippen LogP contribution in [0.1, 0.15) is 13.8 Å². The highest BCUT2D eigenvalue weighted by atomic mass is 16.3. The standard InChI is InChI=1S/C13H23N3O2/c1-4-5-14-10-12(17)16-8-6-15(7-9-16)11-13(2,3)18/h1,14,18H,5-11H2,2-3H3. The lowest BCUT2D eigenvalue weighted by Gasteiger charge is -2.37. The number of hydrogen-bond acceptors (Lipinski definition) is 4. The number of β-amino-alcohol motifs (C(OH)–C–C–N with tert-alkyl or cyclic N) is 1. The summed E-state index contributed by atoms with van der Waals surface area (Å²) in [7, 11) is 0. The van der Waals surface area contributed by atoms with Crippen molar-refractivity contribution in [2.45, 2.75) is 19.4 Å².